The maximum absolute atomic E-state index is 12.6. The van der Waals surface area contributed by atoms with E-state index in [1.807, 2.05) is 38.2 Å². The van der Waals surface area contributed by atoms with Crippen molar-refractivity contribution in [2.75, 3.05) is 18.0 Å². The Labute approximate surface area is 192 Å². The highest BCUT2D eigenvalue weighted by Gasteiger charge is 2.18. The van der Waals surface area contributed by atoms with Gasteiger partial charge in [0, 0.05) is 42.1 Å². The first-order valence-electron chi connectivity index (χ1n) is 10.4. The van der Waals surface area contributed by atoms with Gasteiger partial charge < -0.3 is 10.2 Å². The molecule has 1 aromatic carbocycles. The smallest absolute Gasteiger partial charge is 0.224 e. The number of benzene rings is 1. The lowest BCUT2D eigenvalue weighted by atomic mass is 10.1. The van der Waals surface area contributed by atoms with Crippen LogP contribution in [0.1, 0.15) is 35.4 Å². The zero-order valence-electron chi connectivity index (χ0n) is 17.7. The van der Waals surface area contributed by atoms with E-state index in [9.17, 15) is 4.79 Å². The van der Waals surface area contributed by atoms with Crippen LogP contribution < -0.4 is 10.2 Å². The summed E-state index contributed by atoms with van der Waals surface area (Å²) in [6.07, 6.45) is 4.53. The van der Waals surface area contributed by atoms with Crippen LogP contribution in [0.2, 0.25) is 10.0 Å². The molecule has 0 bridgehead atoms. The monoisotopic (exact) mass is 457 g/mol. The maximum atomic E-state index is 12.6. The van der Waals surface area contributed by atoms with E-state index in [2.05, 4.69) is 20.3 Å². The molecule has 1 amide bonds. The highest BCUT2D eigenvalue weighted by Crippen LogP contribution is 2.27. The van der Waals surface area contributed by atoms with Crippen LogP contribution in [0.4, 0.5) is 5.82 Å². The van der Waals surface area contributed by atoms with E-state index in [0.717, 1.165) is 47.1 Å². The van der Waals surface area contributed by atoms with Gasteiger partial charge in [-0.15, -0.1) is 0 Å². The van der Waals surface area contributed by atoms with Crippen molar-refractivity contribution in [1.29, 1.82) is 0 Å². The Morgan fingerprint density at radius 3 is 2.58 bits per heavy atom. The number of aryl methyl sites for hydroxylation is 1. The second kappa shape index (κ2) is 9.28. The summed E-state index contributed by atoms with van der Waals surface area (Å²) in [5.74, 6) is 0.948. The normalized spacial score (nSPS) is 13.6. The fourth-order valence-corrected chi connectivity index (χ4v) is 4.39. The number of carbonyl (C=O) groups is 1. The highest BCUT2D eigenvalue weighted by molar-refractivity contribution is 6.35. The van der Waals surface area contributed by atoms with E-state index < -0.39 is 0 Å². The molecule has 4 rings (SSSR count). The first kappa shape index (κ1) is 21.7. The molecule has 31 heavy (non-hydrogen) atoms. The SMILES string of the molecule is Cc1nn(-c2ccc(Cl)cc2Cl)c(C)c1CC(=O)NCc1ccc(N2CCCC2)nc1. The topological polar surface area (TPSA) is 63.1 Å². The summed E-state index contributed by atoms with van der Waals surface area (Å²) in [4.78, 5) is 19.4. The minimum Gasteiger partial charge on any atom is -0.357 e. The van der Waals surface area contributed by atoms with Crippen LogP contribution in [-0.4, -0.2) is 33.8 Å². The second-order valence-electron chi connectivity index (χ2n) is 7.83. The number of nitrogens with one attached hydrogen (secondary N) is 1. The summed E-state index contributed by atoms with van der Waals surface area (Å²) in [5.41, 5.74) is 4.30. The third kappa shape index (κ3) is 4.86. The number of nitrogens with zero attached hydrogens (tertiary/aromatic N) is 4. The van der Waals surface area contributed by atoms with Crippen LogP contribution in [0.3, 0.4) is 0 Å². The molecule has 1 aliphatic heterocycles. The van der Waals surface area contributed by atoms with Gasteiger partial charge in [-0.25, -0.2) is 9.67 Å². The molecule has 162 valence electrons. The number of hydrogen-bond donors (Lipinski definition) is 1. The van der Waals surface area contributed by atoms with E-state index in [1.165, 1.54) is 12.8 Å². The lowest BCUT2D eigenvalue weighted by molar-refractivity contribution is -0.120. The Bertz CT molecular complexity index is 1090. The van der Waals surface area contributed by atoms with Gasteiger partial charge in [-0.2, -0.15) is 5.10 Å². The average molecular weight is 458 g/mol. The molecule has 6 nitrogen and oxygen atoms in total. The van der Waals surface area contributed by atoms with Crippen LogP contribution in [0.15, 0.2) is 36.5 Å². The zero-order chi connectivity index (χ0) is 22.0. The van der Waals surface area contributed by atoms with Crippen molar-refractivity contribution in [1.82, 2.24) is 20.1 Å². The fourth-order valence-electron chi connectivity index (χ4n) is 3.90. The Hall–Kier alpha value is -2.57. The fraction of sp³-hybridized carbons (Fsp3) is 0.348. The molecular formula is C23H25Cl2N5O. The molecule has 0 spiro atoms. The molecule has 1 N–H and O–H groups in total. The molecule has 1 saturated heterocycles. The van der Waals surface area contributed by atoms with Crippen LogP contribution in [-0.2, 0) is 17.8 Å². The van der Waals surface area contributed by atoms with Gasteiger partial charge in [0.25, 0.3) is 0 Å². The number of rotatable bonds is 6. The summed E-state index contributed by atoms with van der Waals surface area (Å²) in [6.45, 7) is 6.42. The van der Waals surface area contributed by atoms with Crippen molar-refractivity contribution >= 4 is 34.9 Å². The Morgan fingerprint density at radius 1 is 1.13 bits per heavy atom. The van der Waals surface area contributed by atoms with Gasteiger partial charge >= 0.3 is 0 Å². The number of hydrogen-bond acceptors (Lipinski definition) is 4. The first-order valence-corrected chi connectivity index (χ1v) is 11.1. The van der Waals surface area contributed by atoms with Crippen molar-refractivity contribution in [2.24, 2.45) is 0 Å². The van der Waals surface area contributed by atoms with E-state index >= 15 is 0 Å². The molecule has 3 heterocycles. The summed E-state index contributed by atoms with van der Waals surface area (Å²) in [5, 5.41) is 8.65. The largest absolute Gasteiger partial charge is 0.357 e. The number of aromatic nitrogens is 3. The molecule has 2 aromatic heterocycles. The van der Waals surface area contributed by atoms with Crippen LogP contribution in [0.25, 0.3) is 5.69 Å². The lowest BCUT2D eigenvalue weighted by Gasteiger charge is -2.16. The summed E-state index contributed by atoms with van der Waals surface area (Å²) >= 11 is 12.3. The zero-order valence-corrected chi connectivity index (χ0v) is 19.2. The van der Waals surface area contributed by atoms with Gasteiger partial charge in [0.05, 0.1) is 22.8 Å². The molecule has 0 atom stereocenters. The number of halogens is 2. The van der Waals surface area contributed by atoms with Crippen LogP contribution >= 0.6 is 23.2 Å². The summed E-state index contributed by atoms with van der Waals surface area (Å²) in [7, 11) is 0. The van der Waals surface area contributed by atoms with E-state index in [4.69, 9.17) is 23.2 Å². The van der Waals surface area contributed by atoms with Gasteiger partial charge in [0.2, 0.25) is 5.91 Å². The van der Waals surface area contributed by atoms with Gasteiger partial charge in [-0.3, -0.25) is 4.79 Å². The van der Waals surface area contributed by atoms with Gasteiger partial charge in [-0.1, -0.05) is 29.3 Å². The van der Waals surface area contributed by atoms with Gasteiger partial charge in [0.1, 0.15) is 5.82 Å². The number of amides is 1. The quantitative estimate of drug-likeness (QED) is 0.584. The third-order valence-corrected chi connectivity index (χ3v) is 6.18. The molecule has 0 aliphatic carbocycles. The van der Waals surface area contributed by atoms with Crippen molar-refractivity contribution in [2.45, 2.75) is 39.7 Å². The average Bonchev–Trinajstić information content (AvgIpc) is 3.37. The van der Waals surface area contributed by atoms with E-state index in [0.29, 0.717) is 16.6 Å². The van der Waals surface area contributed by atoms with Crippen LogP contribution in [0.5, 0.6) is 0 Å². The molecule has 1 fully saturated rings. The third-order valence-electron chi connectivity index (χ3n) is 5.65. The number of anilines is 1. The van der Waals surface area contributed by atoms with Crippen molar-refractivity contribution in [3.63, 3.8) is 0 Å². The standard InChI is InChI=1S/C23H25Cl2N5O/c1-15-19(16(2)30(28-15)21-7-6-18(24)11-20(21)25)12-23(31)27-14-17-5-8-22(26-13-17)29-9-3-4-10-29/h5-8,11,13H,3-4,9-10,12,14H2,1-2H3,(H,27,31). The lowest BCUT2D eigenvalue weighted by Crippen LogP contribution is -2.25. The molecule has 3 aromatic rings. The van der Waals surface area contributed by atoms with Gasteiger partial charge in [-0.05, 0) is 56.5 Å². The maximum Gasteiger partial charge on any atom is 0.224 e. The molecular weight excluding hydrogens is 433 g/mol. The van der Waals surface area contributed by atoms with E-state index in [1.54, 1.807) is 16.8 Å². The molecule has 0 saturated carbocycles. The van der Waals surface area contributed by atoms with Crippen LogP contribution in [0, 0.1) is 13.8 Å². The predicted octanol–water partition coefficient (Wildman–Crippen LogP) is 4.65. The van der Waals surface area contributed by atoms with Crippen molar-refractivity contribution in [3.8, 4) is 5.69 Å². The molecule has 0 unspecified atom stereocenters. The molecule has 8 heteroatoms. The van der Waals surface area contributed by atoms with E-state index in [-0.39, 0.29) is 12.3 Å². The predicted molar refractivity (Wildman–Crippen MR) is 124 cm³/mol. The second-order valence-corrected chi connectivity index (χ2v) is 8.67. The Balaban J connectivity index is 1.40. The summed E-state index contributed by atoms with van der Waals surface area (Å²) in [6, 6.07) is 9.34. The number of pyridine rings is 1. The highest BCUT2D eigenvalue weighted by atomic mass is 35.5. The molecule has 0 radical (unpaired) electrons. The summed E-state index contributed by atoms with van der Waals surface area (Å²) < 4.78 is 1.76. The van der Waals surface area contributed by atoms with Crippen molar-refractivity contribution in [3.05, 3.63) is 69.1 Å². The molecule has 1 aliphatic rings. The Kier molecular flexibility index (Phi) is 6.49. The van der Waals surface area contributed by atoms with Crippen molar-refractivity contribution < 1.29 is 4.79 Å². The number of carbonyl (C=O) groups excluding carboxylic acids is 1. The van der Waals surface area contributed by atoms with Gasteiger partial charge in [0.15, 0.2) is 0 Å². The Morgan fingerprint density at radius 2 is 1.90 bits per heavy atom. The minimum atomic E-state index is -0.0587. The minimum absolute atomic E-state index is 0.0587. The first-order chi connectivity index (χ1) is 14.9.